The van der Waals surface area contributed by atoms with Crippen molar-refractivity contribution in [1.82, 2.24) is 20.3 Å². The van der Waals surface area contributed by atoms with Crippen LogP contribution in [0.3, 0.4) is 0 Å². The summed E-state index contributed by atoms with van der Waals surface area (Å²) < 4.78 is 0. The largest absolute Gasteiger partial charge is 0.383 e. The molecule has 0 amide bonds. The number of nitrogen functional groups attached to an aromatic ring is 1. The average molecular weight is 257 g/mol. The van der Waals surface area contributed by atoms with E-state index in [0.29, 0.717) is 5.82 Å². The molecule has 0 spiro atoms. The van der Waals surface area contributed by atoms with Crippen LogP contribution in [0, 0.1) is 13.8 Å². The second kappa shape index (κ2) is 5.75. The monoisotopic (exact) mass is 257 g/mol. The van der Waals surface area contributed by atoms with E-state index in [4.69, 9.17) is 5.73 Å². The molecule has 0 aromatic carbocycles. The fourth-order valence-corrected chi connectivity index (χ4v) is 2.16. The van der Waals surface area contributed by atoms with Gasteiger partial charge in [0.15, 0.2) is 0 Å². The highest BCUT2D eigenvalue weighted by Crippen LogP contribution is 2.27. The maximum atomic E-state index is 6.03. The summed E-state index contributed by atoms with van der Waals surface area (Å²) in [4.78, 5) is 12.8. The molecule has 0 saturated carbocycles. The van der Waals surface area contributed by atoms with Crippen LogP contribution < -0.4 is 11.1 Å². The number of aryl methyl sites for hydroxylation is 2. The standard InChI is InChI=1S/C14H19N5/c1-4-16-13(11-6-8-17-10(3)19-11)12-9(2)5-7-18-14(12)15/h5-8,13,16H,4H2,1-3H3,(H2,15,18). The molecule has 0 fully saturated rings. The molecule has 0 aliphatic carbocycles. The summed E-state index contributed by atoms with van der Waals surface area (Å²) in [7, 11) is 0. The molecule has 0 bridgehead atoms. The van der Waals surface area contributed by atoms with Crippen molar-refractivity contribution >= 4 is 5.82 Å². The van der Waals surface area contributed by atoms with Gasteiger partial charge < -0.3 is 11.1 Å². The summed E-state index contributed by atoms with van der Waals surface area (Å²) in [6.45, 7) is 6.79. The van der Waals surface area contributed by atoms with E-state index in [0.717, 1.165) is 29.2 Å². The van der Waals surface area contributed by atoms with Gasteiger partial charge in [-0.05, 0) is 38.1 Å². The molecule has 3 N–H and O–H groups in total. The maximum Gasteiger partial charge on any atom is 0.128 e. The number of nitrogens with zero attached hydrogens (tertiary/aromatic N) is 3. The van der Waals surface area contributed by atoms with E-state index in [-0.39, 0.29) is 6.04 Å². The molecule has 0 aliphatic heterocycles. The highest BCUT2D eigenvalue weighted by atomic mass is 15.0. The zero-order valence-corrected chi connectivity index (χ0v) is 11.5. The quantitative estimate of drug-likeness (QED) is 0.873. The number of rotatable bonds is 4. The van der Waals surface area contributed by atoms with Crippen LogP contribution in [0.4, 0.5) is 5.82 Å². The molecule has 5 nitrogen and oxygen atoms in total. The lowest BCUT2D eigenvalue weighted by molar-refractivity contribution is 0.608. The molecule has 2 heterocycles. The Labute approximate surface area is 113 Å². The summed E-state index contributed by atoms with van der Waals surface area (Å²) in [6.07, 6.45) is 3.49. The molecule has 2 rings (SSSR count). The maximum absolute atomic E-state index is 6.03. The summed E-state index contributed by atoms with van der Waals surface area (Å²) in [5.41, 5.74) is 9.04. The van der Waals surface area contributed by atoms with E-state index < -0.39 is 0 Å². The Morgan fingerprint density at radius 3 is 2.58 bits per heavy atom. The van der Waals surface area contributed by atoms with E-state index in [1.165, 1.54) is 0 Å². The Hall–Kier alpha value is -2.01. The molecular formula is C14H19N5. The fourth-order valence-electron chi connectivity index (χ4n) is 2.16. The predicted octanol–water partition coefficient (Wildman–Crippen LogP) is 1.77. The summed E-state index contributed by atoms with van der Waals surface area (Å²) in [6, 6.07) is 3.82. The van der Waals surface area contributed by atoms with Crippen LogP contribution in [-0.4, -0.2) is 21.5 Å². The number of hydrogen-bond donors (Lipinski definition) is 2. The zero-order valence-electron chi connectivity index (χ0n) is 11.5. The van der Waals surface area contributed by atoms with Crippen molar-refractivity contribution in [3.8, 4) is 0 Å². The number of nitrogens with two attached hydrogens (primary N) is 1. The van der Waals surface area contributed by atoms with Crippen molar-refractivity contribution in [3.63, 3.8) is 0 Å². The van der Waals surface area contributed by atoms with Crippen molar-refractivity contribution < 1.29 is 0 Å². The lowest BCUT2D eigenvalue weighted by atomic mass is 9.99. The molecule has 19 heavy (non-hydrogen) atoms. The van der Waals surface area contributed by atoms with Gasteiger partial charge in [0, 0.05) is 18.0 Å². The Morgan fingerprint density at radius 2 is 1.95 bits per heavy atom. The average Bonchev–Trinajstić information content (AvgIpc) is 2.37. The number of pyridine rings is 1. The minimum absolute atomic E-state index is 0.0552. The molecule has 2 aromatic rings. The number of anilines is 1. The lowest BCUT2D eigenvalue weighted by Gasteiger charge is -2.21. The van der Waals surface area contributed by atoms with Gasteiger partial charge in [0.25, 0.3) is 0 Å². The Balaban J connectivity index is 2.51. The summed E-state index contributed by atoms with van der Waals surface area (Å²) >= 11 is 0. The number of hydrogen-bond acceptors (Lipinski definition) is 5. The van der Waals surface area contributed by atoms with Crippen LogP contribution in [0.25, 0.3) is 0 Å². The molecule has 5 heteroatoms. The van der Waals surface area contributed by atoms with E-state index in [9.17, 15) is 0 Å². The van der Waals surface area contributed by atoms with Crippen molar-refractivity contribution in [2.75, 3.05) is 12.3 Å². The number of nitrogens with one attached hydrogen (secondary N) is 1. The van der Waals surface area contributed by atoms with E-state index in [1.807, 2.05) is 26.0 Å². The van der Waals surface area contributed by atoms with E-state index >= 15 is 0 Å². The van der Waals surface area contributed by atoms with Gasteiger partial charge in [-0.3, -0.25) is 0 Å². The normalized spacial score (nSPS) is 12.4. The van der Waals surface area contributed by atoms with Gasteiger partial charge in [-0.25, -0.2) is 15.0 Å². The molecule has 0 aliphatic rings. The molecule has 1 unspecified atom stereocenters. The van der Waals surface area contributed by atoms with Gasteiger partial charge in [0.05, 0.1) is 11.7 Å². The number of aromatic nitrogens is 3. The van der Waals surface area contributed by atoms with Crippen LogP contribution in [-0.2, 0) is 0 Å². The van der Waals surface area contributed by atoms with Crippen molar-refractivity contribution in [1.29, 1.82) is 0 Å². The van der Waals surface area contributed by atoms with Crippen molar-refractivity contribution in [2.24, 2.45) is 0 Å². The summed E-state index contributed by atoms with van der Waals surface area (Å²) in [5.74, 6) is 1.29. The van der Waals surface area contributed by atoms with Crippen LogP contribution in [0.15, 0.2) is 24.5 Å². The second-order valence-corrected chi connectivity index (χ2v) is 4.45. The highest BCUT2D eigenvalue weighted by Gasteiger charge is 2.20. The zero-order chi connectivity index (χ0) is 13.8. The van der Waals surface area contributed by atoms with Gasteiger partial charge >= 0.3 is 0 Å². The van der Waals surface area contributed by atoms with Crippen LogP contribution in [0.1, 0.15) is 35.6 Å². The predicted molar refractivity (Wildman–Crippen MR) is 75.7 cm³/mol. The first-order valence-corrected chi connectivity index (χ1v) is 6.37. The minimum atomic E-state index is -0.0552. The first-order chi connectivity index (χ1) is 9.13. The minimum Gasteiger partial charge on any atom is -0.383 e. The Bertz CT molecular complexity index is 547. The van der Waals surface area contributed by atoms with Gasteiger partial charge in [0.2, 0.25) is 0 Å². The van der Waals surface area contributed by atoms with Gasteiger partial charge in [-0.1, -0.05) is 6.92 Å². The Morgan fingerprint density at radius 1 is 1.21 bits per heavy atom. The van der Waals surface area contributed by atoms with Crippen LogP contribution in [0.5, 0.6) is 0 Å². The molecular weight excluding hydrogens is 238 g/mol. The van der Waals surface area contributed by atoms with E-state index in [2.05, 4.69) is 27.2 Å². The molecule has 100 valence electrons. The topological polar surface area (TPSA) is 76.7 Å². The van der Waals surface area contributed by atoms with Crippen molar-refractivity contribution in [3.05, 3.63) is 47.2 Å². The fraction of sp³-hybridized carbons (Fsp3) is 0.357. The van der Waals surface area contributed by atoms with Crippen LogP contribution >= 0.6 is 0 Å². The van der Waals surface area contributed by atoms with Crippen molar-refractivity contribution in [2.45, 2.75) is 26.8 Å². The van der Waals surface area contributed by atoms with Crippen LogP contribution in [0.2, 0.25) is 0 Å². The lowest BCUT2D eigenvalue weighted by Crippen LogP contribution is -2.25. The third-order valence-corrected chi connectivity index (χ3v) is 3.03. The Kier molecular flexibility index (Phi) is 4.06. The third kappa shape index (κ3) is 2.88. The first-order valence-electron chi connectivity index (χ1n) is 6.37. The van der Waals surface area contributed by atoms with Gasteiger partial charge in [0.1, 0.15) is 11.6 Å². The molecule has 1 atom stereocenters. The first kappa shape index (κ1) is 13.4. The molecule has 0 radical (unpaired) electrons. The smallest absolute Gasteiger partial charge is 0.128 e. The molecule has 2 aromatic heterocycles. The highest BCUT2D eigenvalue weighted by molar-refractivity contribution is 5.48. The van der Waals surface area contributed by atoms with Gasteiger partial charge in [-0.15, -0.1) is 0 Å². The summed E-state index contributed by atoms with van der Waals surface area (Å²) in [5, 5.41) is 3.41. The van der Waals surface area contributed by atoms with Gasteiger partial charge in [-0.2, -0.15) is 0 Å². The molecule has 0 saturated heterocycles. The van der Waals surface area contributed by atoms with E-state index in [1.54, 1.807) is 12.4 Å². The third-order valence-electron chi connectivity index (χ3n) is 3.03. The SMILES string of the molecule is CCNC(c1ccnc(C)n1)c1c(C)ccnc1N. The second-order valence-electron chi connectivity index (χ2n) is 4.45.